The summed E-state index contributed by atoms with van der Waals surface area (Å²) in [6.07, 6.45) is 13.0. The summed E-state index contributed by atoms with van der Waals surface area (Å²) in [7, 11) is -3.92. The molecule has 0 heterocycles. The average molecular weight is 415 g/mol. The smallest absolute Gasteiger partial charge is 0.207 e. The highest BCUT2D eigenvalue weighted by atomic mass is 32.2. The van der Waals surface area contributed by atoms with Gasteiger partial charge in [0.25, 0.3) is 0 Å². The lowest BCUT2D eigenvalue weighted by Crippen LogP contribution is -2.28. The molecule has 150 valence electrons. The molecule has 2 aromatic rings. The van der Waals surface area contributed by atoms with Gasteiger partial charge in [0.05, 0.1) is 9.79 Å². The van der Waals surface area contributed by atoms with E-state index in [-0.39, 0.29) is 0 Å². The van der Waals surface area contributed by atoms with E-state index in [1.165, 1.54) is 64.2 Å². The Hall–Kier alpha value is -1.18. The van der Waals surface area contributed by atoms with E-state index in [9.17, 15) is 8.42 Å². The Kier molecular flexibility index (Phi) is 6.53. The standard InChI is InChI=1S/C24H31O2PS/c25-28(26,22-16-8-3-9-17-22)24-19-11-10-18-23(24)27(20-12-4-1-5-13-20)21-14-6-2-7-15-21/h3,8-11,16-21H,1-2,4-7,12-15H2. The van der Waals surface area contributed by atoms with Crippen molar-refractivity contribution in [3.05, 3.63) is 54.6 Å². The van der Waals surface area contributed by atoms with E-state index in [1.807, 2.05) is 30.3 Å². The van der Waals surface area contributed by atoms with Crippen LogP contribution in [0.1, 0.15) is 64.2 Å². The van der Waals surface area contributed by atoms with Gasteiger partial charge in [-0.1, -0.05) is 82.8 Å². The predicted octanol–water partition coefficient (Wildman–Crippen LogP) is 6.29. The molecule has 2 aromatic carbocycles. The van der Waals surface area contributed by atoms with Gasteiger partial charge < -0.3 is 0 Å². The minimum atomic E-state index is -3.48. The number of sulfone groups is 1. The van der Waals surface area contributed by atoms with Crippen molar-refractivity contribution in [3.8, 4) is 0 Å². The lowest BCUT2D eigenvalue weighted by atomic mass is 9.99. The molecular formula is C24H31O2PS. The predicted molar refractivity (Wildman–Crippen MR) is 119 cm³/mol. The van der Waals surface area contributed by atoms with Gasteiger partial charge in [0.2, 0.25) is 9.84 Å². The molecule has 0 amide bonds. The molecular weight excluding hydrogens is 383 g/mol. The first-order valence-corrected chi connectivity index (χ1v) is 13.8. The molecule has 0 spiro atoms. The molecule has 0 saturated heterocycles. The van der Waals surface area contributed by atoms with E-state index in [0.29, 0.717) is 21.1 Å². The maximum absolute atomic E-state index is 13.5. The average Bonchev–Trinajstić information content (AvgIpc) is 2.76. The topological polar surface area (TPSA) is 34.1 Å². The fourth-order valence-corrected chi connectivity index (χ4v) is 10.9. The quantitative estimate of drug-likeness (QED) is 0.539. The number of hydrogen-bond donors (Lipinski definition) is 0. The van der Waals surface area contributed by atoms with Crippen LogP contribution in [-0.2, 0) is 9.84 Å². The molecule has 2 aliphatic rings. The largest absolute Gasteiger partial charge is 0.218 e. The van der Waals surface area contributed by atoms with Crippen LogP contribution in [0.3, 0.4) is 0 Å². The van der Waals surface area contributed by atoms with Crippen LogP contribution in [0.15, 0.2) is 64.4 Å². The fraction of sp³-hybridized carbons (Fsp3) is 0.500. The van der Waals surface area contributed by atoms with Gasteiger partial charge in [-0.3, -0.25) is 0 Å². The van der Waals surface area contributed by atoms with Crippen LogP contribution < -0.4 is 5.30 Å². The Bertz CT molecular complexity index is 848. The van der Waals surface area contributed by atoms with Gasteiger partial charge in [-0.25, -0.2) is 8.42 Å². The van der Waals surface area contributed by atoms with Crippen LogP contribution >= 0.6 is 7.92 Å². The van der Waals surface area contributed by atoms with Crippen molar-refractivity contribution in [2.45, 2.75) is 85.3 Å². The minimum Gasteiger partial charge on any atom is -0.218 e. The second-order valence-corrected chi connectivity index (χ2v) is 13.0. The second kappa shape index (κ2) is 9.09. The monoisotopic (exact) mass is 414 g/mol. The number of hydrogen-bond acceptors (Lipinski definition) is 2. The maximum atomic E-state index is 13.5. The molecule has 2 aliphatic carbocycles. The van der Waals surface area contributed by atoms with Crippen molar-refractivity contribution >= 4 is 23.1 Å². The van der Waals surface area contributed by atoms with Crippen molar-refractivity contribution in [1.29, 1.82) is 0 Å². The highest BCUT2D eigenvalue weighted by Crippen LogP contribution is 2.55. The van der Waals surface area contributed by atoms with Gasteiger partial charge in [0, 0.05) is 0 Å². The van der Waals surface area contributed by atoms with Crippen LogP contribution in [0, 0.1) is 0 Å². The number of rotatable bonds is 5. The third-order valence-electron chi connectivity index (χ3n) is 6.42. The molecule has 4 heteroatoms. The van der Waals surface area contributed by atoms with Crippen molar-refractivity contribution in [2.24, 2.45) is 0 Å². The lowest BCUT2D eigenvalue weighted by molar-refractivity contribution is 0.486. The molecule has 4 rings (SSSR count). The SMILES string of the molecule is O=S(=O)(c1ccccc1)c1ccccc1P(C1CCCCC1)C1CCCCC1. The van der Waals surface area contributed by atoms with Crippen LogP contribution in [0.2, 0.25) is 0 Å². The summed E-state index contributed by atoms with van der Waals surface area (Å²) in [4.78, 5) is 0.994. The first kappa shape index (κ1) is 20.1. The molecule has 0 radical (unpaired) electrons. The summed E-state index contributed by atoms with van der Waals surface area (Å²) >= 11 is 0. The summed E-state index contributed by atoms with van der Waals surface area (Å²) in [5, 5.41) is 1.15. The van der Waals surface area contributed by atoms with Gasteiger partial charge in [-0.15, -0.1) is 0 Å². The van der Waals surface area contributed by atoms with Crippen molar-refractivity contribution in [1.82, 2.24) is 0 Å². The Labute approximate surface area is 171 Å². The molecule has 0 aliphatic heterocycles. The normalized spacial score (nSPS) is 19.8. The summed E-state index contributed by atoms with van der Waals surface area (Å²) in [6.45, 7) is 0. The fourth-order valence-electron chi connectivity index (χ4n) is 5.03. The molecule has 2 fully saturated rings. The van der Waals surface area contributed by atoms with Crippen molar-refractivity contribution in [3.63, 3.8) is 0 Å². The van der Waals surface area contributed by atoms with E-state index in [4.69, 9.17) is 0 Å². The summed E-state index contributed by atoms with van der Waals surface area (Å²) in [5.74, 6) is 0. The zero-order valence-corrected chi connectivity index (χ0v) is 18.3. The van der Waals surface area contributed by atoms with Crippen LogP contribution in [0.4, 0.5) is 0 Å². The van der Waals surface area contributed by atoms with Gasteiger partial charge in [-0.2, -0.15) is 0 Å². The molecule has 2 saturated carbocycles. The highest BCUT2D eigenvalue weighted by molar-refractivity contribution is 7.92. The Morgan fingerprint density at radius 3 is 1.71 bits per heavy atom. The van der Waals surface area contributed by atoms with E-state index >= 15 is 0 Å². The van der Waals surface area contributed by atoms with Crippen molar-refractivity contribution in [2.75, 3.05) is 0 Å². The number of benzene rings is 2. The van der Waals surface area contributed by atoms with Crippen LogP contribution in [0.5, 0.6) is 0 Å². The molecule has 0 N–H and O–H groups in total. The molecule has 2 nitrogen and oxygen atoms in total. The zero-order chi connectivity index (χ0) is 19.4. The third kappa shape index (κ3) is 4.21. The van der Waals surface area contributed by atoms with Gasteiger partial charge >= 0.3 is 0 Å². The molecule has 0 bridgehead atoms. The second-order valence-electron chi connectivity index (χ2n) is 8.28. The Balaban J connectivity index is 1.78. The van der Waals surface area contributed by atoms with Gasteiger partial charge in [0.15, 0.2) is 0 Å². The minimum absolute atomic E-state index is 0.421. The van der Waals surface area contributed by atoms with E-state index in [2.05, 4.69) is 12.1 Å². The zero-order valence-electron chi connectivity index (χ0n) is 16.6. The van der Waals surface area contributed by atoms with E-state index in [0.717, 1.165) is 5.30 Å². The maximum Gasteiger partial charge on any atom is 0.207 e. The van der Waals surface area contributed by atoms with Gasteiger partial charge in [-0.05, 0) is 60.5 Å². The summed E-state index contributed by atoms with van der Waals surface area (Å²) in [6, 6.07) is 16.9. The van der Waals surface area contributed by atoms with E-state index in [1.54, 1.807) is 12.1 Å². The lowest BCUT2D eigenvalue weighted by Gasteiger charge is -2.39. The first-order valence-electron chi connectivity index (χ1n) is 10.9. The Morgan fingerprint density at radius 2 is 1.14 bits per heavy atom. The van der Waals surface area contributed by atoms with Crippen LogP contribution in [0.25, 0.3) is 0 Å². The van der Waals surface area contributed by atoms with Gasteiger partial charge in [0.1, 0.15) is 0 Å². The van der Waals surface area contributed by atoms with Crippen LogP contribution in [-0.4, -0.2) is 19.7 Å². The first-order chi connectivity index (χ1) is 13.7. The third-order valence-corrected chi connectivity index (χ3v) is 12.0. The molecule has 0 unspecified atom stereocenters. The summed E-state index contributed by atoms with van der Waals surface area (Å²) in [5.41, 5.74) is 1.39. The van der Waals surface area contributed by atoms with Crippen molar-refractivity contribution < 1.29 is 8.42 Å². The highest BCUT2D eigenvalue weighted by Gasteiger charge is 2.35. The van der Waals surface area contributed by atoms with E-state index < -0.39 is 17.8 Å². The molecule has 0 atom stereocenters. The Morgan fingerprint density at radius 1 is 0.643 bits per heavy atom. The summed E-state index contributed by atoms with van der Waals surface area (Å²) < 4.78 is 27.1. The molecule has 0 aromatic heterocycles. The molecule has 28 heavy (non-hydrogen) atoms.